The average Bonchev–Trinajstić information content (AvgIpc) is 3.20. The number of pyridine rings is 1. The van der Waals surface area contributed by atoms with Crippen molar-refractivity contribution in [1.82, 2.24) is 4.98 Å². The predicted octanol–water partition coefficient (Wildman–Crippen LogP) is 2.94. The van der Waals surface area contributed by atoms with Gasteiger partial charge in [0, 0.05) is 11.6 Å². The Morgan fingerprint density at radius 2 is 2.06 bits per heavy atom. The van der Waals surface area contributed by atoms with Gasteiger partial charge in [-0.15, -0.1) is 0 Å². The molecular formula is C15H17NO. The molecule has 1 aliphatic rings. The van der Waals surface area contributed by atoms with Crippen LogP contribution in [0.25, 0.3) is 10.9 Å². The van der Waals surface area contributed by atoms with E-state index in [2.05, 4.69) is 17.1 Å². The Kier molecular flexibility index (Phi) is 2.81. The van der Waals surface area contributed by atoms with Crippen LogP contribution in [0.5, 0.6) is 0 Å². The Labute approximate surface area is 101 Å². The minimum Gasteiger partial charge on any atom is -0.393 e. The molecule has 0 spiro atoms. The second kappa shape index (κ2) is 4.46. The molecule has 1 saturated carbocycles. The summed E-state index contributed by atoms with van der Waals surface area (Å²) in [5, 5.41) is 11.1. The summed E-state index contributed by atoms with van der Waals surface area (Å²) in [5.74, 6) is 0.572. The van der Waals surface area contributed by atoms with Gasteiger partial charge in [-0.05, 0) is 49.3 Å². The van der Waals surface area contributed by atoms with Gasteiger partial charge < -0.3 is 5.11 Å². The molecule has 0 bridgehead atoms. The molecule has 2 aromatic rings. The molecule has 1 heterocycles. The van der Waals surface area contributed by atoms with Crippen LogP contribution in [0, 0.1) is 5.92 Å². The van der Waals surface area contributed by atoms with Crippen molar-refractivity contribution in [2.24, 2.45) is 5.92 Å². The summed E-state index contributed by atoms with van der Waals surface area (Å²) in [6, 6.07) is 10.3. The first kappa shape index (κ1) is 10.7. The topological polar surface area (TPSA) is 33.1 Å². The number of rotatable bonds is 4. The third-order valence-electron chi connectivity index (χ3n) is 3.61. The summed E-state index contributed by atoms with van der Waals surface area (Å²) in [5.41, 5.74) is 2.35. The summed E-state index contributed by atoms with van der Waals surface area (Å²) < 4.78 is 0. The van der Waals surface area contributed by atoms with Crippen molar-refractivity contribution < 1.29 is 5.11 Å². The van der Waals surface area contributed by atoms with Crippen LogP contribution in [0.15, 0.2) is 36.5 Å². The maximum atomic E-state index is 9.91. The van der Waals surface area contributed by atoms with E-state index in [0.717, 1.165) is 18.4 Å². The Bertz CT molecular complexity index is 514. The minimum absolute atomic E-state index is 0.109. The number of aryl methyl sites for hydroxylation is 1. The van der Waals surface area contributed by atoms with Crippen LogP contribution in [-0.4, -0.2) is 16.2 Å². The van der Waals surface area contributed by atoms with Crippen LogP contribution < -0.4 is 0 Å². The number of nitrogens with zero attached hydrogens (tertiary/aromatic N) is 1. The number of aromatic nitrogens is 1. The predicted molar refractivity (Wildman–Crippen MR) is 68.8 cm³/mol. The van der Waals surface area contributed by atoms with Gasteiger partial charge in [0.05, 0.1) is 11.6 Å². The van der Waals surface area contributed by atoms with Crippen molar-refractivity contribution >= 4 is 10.9 Å². The molecule has 1 aromatic carbocycles. The summed E-state index contributed by atoms with van der Waals surface area (Å²) in [4.78, 5) is 4.35. The summed E-state index contributed by atoms with van der Waals surface area (Å²) >= 11 is 0. The monoisotopic (exact) mass is 227 g/mol. The van der Waals surface area contributed by atoms with Crippen LogP contribution >= 0.6 is 0 Å². The van der Waals surface area contributed by atoms with Crippen LogP contribution in [-0.2, 0) is 6.42 Å². The molecule has 3 rings (SSSR count). The van der Waals surface area contributed by atoms with Crippen molar-refractivity contribution in [2.45, 2.75) is 31.8 Å². The van der Waals surface area contributed by atoms with Crippen molar-refractivity contribution in [1.29, 1.82) is 0 Å². The zero-order valence-electron chi connectivity index (χ0n) is 9.84. The lowest BCUT2D eigenvalue weighted by atomic mass is 10.0. The van der Waals surface area contributed by atoms with Crippen LogP contribution in [0.2, 0.25) is 0 Å². The summed E-state index contributed by atoms with van der Waals surface area (Å²) in [7, 11) is 0. The highest BCUT2D eigenvalue weighted by molar-refractivity contribution is 5.81. The third-order valence-corrected chi connectivity index (χ3v) is 3.61. The molecule has 1 aromatic heterocycles. The normalized spacial score (nSPS) is 17.2. The molecule has 17 heavy (non-hydrogen) atoms. The SMILES string of the molecule is OC(CCc1ccnc2ccccc12)C1CC1. The van der Waals surface area contributed by atoms with Crippen LogP contribution in [0.3, 0.4) is 0 Å². The maximum absolute atomic E-state index is 9.91. The Morgan fingerprint density at radius 3 is 2.88 bits per heavy atom. The zero-order valence-corrected chi connectivity index (χ0v) is 9.84. The molecule has 88 valence electrons. The number of para-hydroxylation sites is 1. The van der Waals surface area contributed by atoms with Gasteiger partial charge in [-0.2, -0.15) is 0 Å². The average molecular weight is 227 g/mol. The molecule has 1 fully saturated rings. The summed E-state index contributed by atoms with van der Waals surface area (Å²) in [6.07, 6.45) is 5.98. The number of aliphatic hydroxyl groups excluding tert-OH is 1. The number of aliphatic hydroxyl groups is 1. The minimum atomic E-state index is -0.109. The number of hydrogen-bond acceptors (Lipinski definition) is 2. The Hall–Kier alpha value is -1.41. The highest BCUT2D eigenvalue weighted by Crippen LogP contribution is 2.34. The molecule has 2 heteroatoms. The fraction of sp³-hybridized carbons (Fsp3) is 0.400. The van der Waals surface area contributed by atoms with Crippen molar-refractivity contribution in [3.8, 4) is 0 Å². The standard InChI is InChI=1S/C15H17NO/c17-15(12-5-6-12)8-7-11-9-10-16-14-4-2-1-3-13(11)14/h1-4,9-10,12,15,17H,5-8H2. The summed E-state index contributed by atoms with van der Waals surface area (Å²) in [6.45, 7) is 0. The van der Waals surface area contributed by atoms with E-state index in [-0.39, 0.29) is 6.10 Å². The van der Waals surface area contributed by atoms with Gasteiger partial charge in [-0.3, -0.25) is 4.98 Å². The third kappa shape index (κ3) is 2.32. The van der Waals surface area contributed by atoms with E-state index in [1.54, 1.807) is 0 Å². The van der Waals surface area contributed by atoms with E-state index in [9.17, 15) is 5.11 Å². The van der Waals surface area contributed by atoms with Crippen molar-refractivity contribution in [2.75, 3.05) is 0 Å². The molecule has 0 aliphatic heterocycles. The van der Waals surface area contributed by atoms with E-state index in [1.807, 2.05) is 24.4 Å². The second-order valence-corrected chi connectivity index (χ2v) is 4.93. The van der Waals surface area contributed by atoms with E-state index in [1.165, 1.54) is 23.8 Å². The lowest BCUT2D eigenvalue weighted by molar-refractivity contribution is 0.142. The molecule has 1 N–H and O–H groups in total. The fourth-order valence-electron chi connectivity index (χ4n) is 2.39. The molecular weight excluding hydrogens is 210 g/mol. The zero-order chi connectivity index (χ0) is 11.7. The Balaban J connectivity index is 1.79. The number of hydrogen-bond donors (Lipinski definition) is 1. The first-order valence-electron chi connectivity index (χ1n) is 6.35. The van der Waals surface area contributed by atoms with Crippen molar-refractivity contribution in [3.63, 3.8) is 0 Å². The maximum Gasteiger partial charge on any atom is 0.0704 e. The Morgan fingerprint density at radius 1 is 1.24 bits per heavy atom. The van der Waals surface area contributed by atoms with Crippen LogP contribution in [0.4, 0.5) is 0 Å². The van der Waals surface area contributed by atoms with E-state index in [4.69, 9.17) is 0 Å². The van der Waals surface area contributed by atoms with Crippen LogP contribution in [0.1, 0.15) is 24.8 Å². The van der Waals surface area contributed by atoms with Gasteiger partial charge in [0.25, 0.3) is 0 Å². The lowest BCUT2D eigenvalue weighted by Gasteiger charge is -2.10. The molecule has 0 radical (unpaired) electrons. The molecule has 0 saturated heterocycles. The van der Waals surface area contributed by atoms with Gasteiger partial charge in [-0.1, -0.05) is 18.2 Å². The van der Waals surface area contributed by atoms with Gasteiger partial charge in [0.15, 0.2) is 0 Å². The van der Waals surface area contributed by atoms with Gasteiger partial charge in [-0.25, -0.2) is 0 Å². The second-order valence-electron chi connectivity index (χ2n) is 4.93. The number of benzene rings is 1. The lowest BCUT2D eigenvalue weighted by Crippen LogP contribution is -2.10. The first-order valence-corrected chi connectivity index (χ1v) is 6.35. The number of fused-ring (bicyclic) bond motifs is 1. The largest absolute Gasteiger partial charge is 0.393 e. The molecule has 2 nitrogen and oxygen atoms in total. The highest BCUT2D eigenvalue weighted by atomic mass is 16.3. The molecule has 1 aliphatic carbocycles. The molecule has 1 unspecified atom stereocenters. The van der Waals surface area contributed by atoms with E-state index >= 15 is 0 Å². The first-order chi connectivity index (χ1) is 8.34. The van der Waals surface area contributed by atoms with Gasteiger partial charge in [0.1, 0.15) is 0 Å². The smallest absolute Gasteiger partial charge is 0.0704 e. The van der Waals surface area contributed by atoms with Gasteiger partial charge in [0.2, 0.25) is 0 Å². The van der Waals surface area contributed by atoms with Crippen molar-refractivity contribution in [3.05, 3.63) is 42.1 Å². The van der Waals surface area contributed by atoms with Gasteiger partial charge >= 0.3 is 0 Å². The molecule has 0 amide bonds. The molecule has 1 atom stereocenters. The van der Waals surface area contributed by atoms with E-state index in [0.29, 0.717) is 5.92 Å². The highest BCUT2D eigenvalue weighted by Gasteiger charge is 2.29. The van der Waals surface area contributed by atoms with E-state index < -0.39 is 0 Å². The fourth-order valence-corrected chi connectivity index (χ4v) is 2.39. The quantitative estimate of drug-likeness (QED) is 0.871.